The highest BCUT2D eigenvalue weighted by atomic mass is 127. The molecule has 0 spiro atoms. The Labute approximate surface area is 151 Å². The minimum Gasteiger partial charge on any atom is -0.310 e. The maximum Gasteiger partial charge on any atom is 0.127 e. The molecule has 1 atom stereocenters. The van der Waals surface area contributed by atoms with Gasteiger partial charge < -0.3 is 5.32 Å². The SMILES string of the molecule is CCNC(Cc1ccc(Cl)cc1F)c1cc(Br)ccc1I. The van der Waals surface area contributed by atoms with Gasteiger partial charge in [-0.15, -0.1) is 0 Å². The van der Waals surface area contributed by atoms with E-state index in [2.05, 4.69) is 62.9 Å². The lowest BCUT2D eigenvalue weighted by molar-refractivity contribution is 0.526. The predicted octanol–water partition coefficient (Wildman–Crippen LogP) is 5.74. The molecule has 5 heteroatoms. The molecule has 0 bridgehead atoms. The summed E-state index contributed by atoms with van der Waals surface area (Å²) in [5.74, 6) is -0.254. The first-order valence-electron chi connectivity index (χ1n) is 6.63. The molecule has 0 radical (unpaired) electrons. The van der Waals surface area contributed by atoms with E-state index in [4.69, 9.17) is 11.6 Å². The first-order chi connectivity index (χ1) is 10.0. The van der Waals surface area contributed by atoms with Gasteiger partial charge in [0, 0.05) is 19.1 Å². The van der Waals surface area contributed by atoms with Crippen LogP contribution in [0.2, 0.25) is 5.02 Å². The fourth-order valence-corrected chi connectivity index (χ4v) is 3.48. The molecule has 21 heavy (non-hydrogen) atoms. The van der Waals surface area contributed by atoms with Gasteiger partial charge in [-0.25, -0.2) is 4.39 Å². The molecular formula is C16H15BrClFIN. The summed E-state index contributed by atoms with van der Waals surface area (Å²) in [7, 11) is 0. The van der Waals surface area contributed by atoms with Crippen LogP contribution in [0.25, 0.3) is 0 Å². The lowest BCUT2D eigenvalue weighted by Gasteiger charge is -2.20. The highest BCUT2D eigenvalue weighted by molar-refractivity contribution is 14.1. The summed E-state index contributed by atoms with van der Waals surface area (Å²) in [5, 5.41) is 3.86. The van der Waals surface area contributed by atoms with Gasteiger partial charge in [0.25, 0.3) is 0 Å². The van der Waals surface area contributed by atoms with Crippen LogP contribution in [0.1, 0.15) is 24.1 Å². The largest absolute Gasteiger partial charge is 0.310 e. The molecule has 0 aliphatic rings. The number of halogens is 4. The van der Waals surface area contributed by atoms with Crippen LogP contribution in [0, 0.1) is 9.39 Å². The first-order valence-corrected chi connectivity index (χ1v) is 8.88. The second-order valence-electron chi connectivity index (χ2n) is 4.72. The predicted molar refractivity (Wildman–Crippen MR) is 98.4 cm³/mol. The molecule has 0 aliphatic heterocycles. The summed E-state index contributed by atoms with van der Waals surface area (Å²) in [6.45, 7) is 2.87. The van der Waals surface area contributed by atoms with Gasteiger partial charge in [0.1, 0.15) is 5.82 Å². The Bertz CT molecular complexity index is 636. The Balaban J connectivity index is 2.32. The second-order valence-corrected chi connectivity index (χ2v) is 7.23. The van der Waals surface area contributed by atoms with E-state index in [-0.39, 0.29) is 11.9 Å². The average Bonchev–Trinajstić information content (AvgIpc) is 2.44. The normalized spacial score (nSPS) is 12.4. The molecule has 0 amide bonds. The van der Waals surface area contributed by atoms with Crippen molar-refractivity contribution in [2.24, 2.45) is 0 Å². The molecule has 0 heterocycles. The highest BCUT2D eigenvalue weighted by Gasteiger charge is 2.16. The number of nitrogens with one attached hydrogen (secondary N) is 1. The summed E-state index contributed by atoms with van der Waals surface area (Å²) < 4.78 is 16.2. The smallest absolute Gasteiger partial charge is 0.127 e. The van der Waals surface area contributed by atoms with Gasteiger partial charge in [0.05, 0.1) is 0 Å². The van der Waals surface area contributed by atoms with Gasteiger partial charge in [-0.3, -0.25) is 0 Å². The first kappa shape index (κ1) is 17.2. The summed E-state index contributed by atoms with van der Waals surface area (Å²) in [5.41, 5.74) is 1.84. The van der Waals surface area contributed by atoms with Crippen molar-refractivity contribution in [3.63, 3.8) is 0 Å². The maximum absolute atomic E-state index is 14.0. The van der Waals surface area contributed by atoms with E-state index in [1.165, 1.54) is 11.6 Å². The van der Waals surface area contributed by atoms with Crippen molar-refractivity contribution in [2.75, 3.05) is 6.54 Å². The third-order valence-electron chi connectivity index (χ3n) is 3.22. The van der Waals surface area contributed by atoms with Crippen LogP contribution in [0.15, 0.2) is 40.9 Å². The van der Waals surface area contributed by atoms with E-state index in [1.54, 1.807) is 12.1 Å². The molecule has 0 aromatic heterocycles. The summed E-state index contributed by atoms with van der Waals surface area (Å²) >= 11 is 11.6. The average molecular weight is 483 g/mol. The number of likely N-dealkylation sites (N-methyl/N-ethyl adjacent to an activating group) is 1. The van der Waals surface area contributed by atoms with E-state index < -0.39 is 0 Å². The molecule has 112 valence electrons. The van der Waals surface area contributed by atoms with Gasteiger partial charge in [0.15, 0.2) is 0 Å². The number of hydrogen-bond donors (Lipinski definition) is 1. The molecule has 0 fully saturated rings. The molecule has 2 aromatic carbocycles. The van der Waals surface area contributed by atoms with Crippen LogP contribution in [-0.2, 0) is 6.42 Å². The topological polar surface area (TPSA) is 12.0 Å². The minimum absolute atomic E-state index is 0.0649. The Morgan fingerprint density at radius 1 is 1.29 bits per heavy atom. The molecule has 1 unspecified atom stereocenters. The number of hydrogen-bond acceptors (Lipinski definition) is 1. The van der Waals surface area contributed by atoms with E-state index >= 15 is 0 Å². The van der Waals surface area contributed by atoms with Crippen molar-refractivity contribution >= 4 is 50.1 Å². The number of benzene rings is 2. The molecule has 0 saturated carbocycles. The molecule has 0 aliphatic carbocycles. The van der Waals surface area contributed by atoms with Crippen molar-refractivity contribution in [3.8, 4) is 0 Å². The monoisotopic (exact) mass is 481 g/mol. The van der Waals surface area contributed by atoms with Crippen LogP contribution in [0.4, 0.5) is 4.39 Å². The molecule has 2 rings (SSSR count). The van der Waals surface area contributed by atoms with Crippen molar-refractivity contribution in [2.45, 2.75) is 19.4 Å². The highest BCUT2D eigenvalue weighted by Crippen LogP contribution is 2.28. The molecule has 1 N–H and O–H groups in total. The van der Waals surface area contributed by atoms with Gasteiger partial charge in [0.2, 0.25) is 0 Å². The van der Waals surface area contributed by atoms with Gasteiger partial charge in [-0.05, 0) is 77.0 Å². The Hall–Kier alpha value is -0.170. The van der Waals surface area contributed by atoms with Gasteiger partial charge in [-0.1, -0.05) is 40.5 Å². The van der Waals surface area contributed by atoms with E-state index in [1.807, 2.05) is 6.07 Å². The van der Waals surface area contributed by atoms with E-state index in [0.717, 1.165) is 14.6 Å². The molecule has 1 nitrogen and oxygen atoms in total. The van der Waals surface area contributed by atoms with Crippen molar-refractivity contribution in [1.82, 2.24) is 5.32 Å². The van der Waals surface area contributed by atoms with Crippen LogP contribution in [0.5, 0.6) is 0 Å². The maximum atomic E-state index is 14.0. The van der Waals surface area contributed by atoms with E-state index in [0.29, 0.717) is 17.0 Å². The lowest BCUT2D eigenvalue weighted by atomic mass is 9.98. The van der Waals surface area contributed by atoms with E-state index in [9.17, 15) is 4.39 Å². The molecule has 2 aromatic rings. The third-order valence-corrected chi connectivity index (χ3v) is 4.93. The van der Waals surface area contributed by atoms with Crippen LogP contribution in [-0.4, -0.2) is 6.54 Å². The Kier molecular flexibility index (Phi) is 6.47. The number of rotatable bonds is 5. The van der Waals surface area contributed by atoms with Crippen molar-refractivity contribution < 1.29 is 4.39 Å². The van der Waals surface area contributed by atoms with Gasteiger partial charge in [-0.2, -0.15) is 0 Å². The zero-order valence-electron chi connectivity index (χ0n) is 11.5. The standard InChI is InChI=1S/C16H15BrClFIN/c1-2-21-16(13-8-11(17)4-6-15(13)20)7-10-3-5-12(18)9-14(10)19/h3-6,8-9,16,21H,2,7H2,1H3. The minimum atomic E-state index is -0.254. The lowest BCUT2D eigenvalue weighted by Crippen LogP contribution is -2.24. The van der Waals surface area contributed by atoms with Crippen LogP contribution >= 0.6 is 50.1 Å². The summed E-state index contributed by atoms with van der Waals surface area (Å²) in [6, 6.07) is 11.1. The van der Waals surface area contributed by atoms with Crippen molar-refractivity contribution in [3.05, 3.63) is 66.4 Å². The quantitative estimate of drug-likeness (QED) is 0.536. The molecular weight excluding hydrogens is 467 g/mol. The van der Waals surface area contributed by atoms with Gasteiger partial charge >= 0.3 is 0 Å². The Morgan fingerprint density at radius 3 is 2.71 bits per heavy atom. The van der Waals surface area contributed by atoms with Crippen LogP contribution in [0.3, 0.4) is 0 Å². The third kappa shape index (κ3) is 4.65. The zero-order valence-corrected chi connectivity index (χ0v) is 16.0. The summed E-state index contributed by atoms with van der Waals surface area (Å²) in [6.07, 6.45) is 0.587. The summed E-state index contributed by atoms with van der Waals surface area (Å²) in [4.78, 5) is 0. The second kappa shape index (κ2) is 7.90. The fraction of sp³-hybridized carbons (Fsp3) is 0.250. The molecule has 0 saturated heterocycles. The Morgan fingerprint density at radius 2 is 2.05 bits per heavy atom. The van der Waals surface area contributed by atoms with Crippen molar-refractivity contribution in [1.29, 1.82) is 0 Å². The van der Waals surface area contributed by atoms with Crippen LogP contribution < -0.4 is 5.32 Å². The fourth-order valence-electron chi connectivity index (χ4n) is 2.23. The zero-order chi connectivity index (χ0) is 15.4.